The molecule has 21 heavy (non-hydrogen) atoms. The van der Waals surface area contributed by atoms with Crippen molar-refractivity contribution in [3.8, 4) is 0 Å². The van der Waals surface area contributed by atoms with E-state index in [1.807, 2.05) is 0 Å². The maximum absolute atomic E-state index is 13.4. The van der Waals surface area contributed by atoms with Crippen molar-refractivity contribution < 1.29 is 19.1 Å². The molecule has 4 nitrogen and oxygen atoms in total. The fraction of sp³-hybridized carbons (Fsp3) is 0.467. The summed E-state index contributed by atoms with van der Waals surface area (Å²) >= 11 is 3.20. The second-order valence-corrected chi connectivity index (χ2v) is 6.31. The molecular formula is C15H19BrFNO3. The van der Waals surface area contributed by atoms with Gasteiger partial charge in [0.15, 0.2) is 0 Å². The van der Waals surface area contributed by atoms with E-state index in [2.05, 4.69) is 27.8 Å². The van der Waals surface area contributed by atoms with Crippen molar-refractivity contribution in [1.29, 1.82) is 0 Å². The molecule has 0 aliphatic heterocycles. The molecule has 1 saturated carbocycles. The minimum absolute atomic E-state index is 0.0477. The molecule has 0 saturated heterocycles. The molecule has 1 fully saturated rings. The van der Waals surface area contributed by atoms with Gasteiger partial charge in [-0.25, -0.2) is 4.39 Å². The smallest absolute Gasteiger partial charge is 0.307 e. The van der Waals surface area contributed by atoms with Crippen LogP contribution in [0.1, 0.15) is 32.6 Å². The van der Waals surface area contributed by atoms with Gasteiger partial charge in [0.05, 0.1) is 17.5 Å². The highest BCUT2D eigenvalue weighted by Crippen LogP contribution is 2.30. The molecule has 116 valence electrons. The maximum Gasteiger partial charge on any atom is 0.307 e. The van der Waals surface area contributed by atoms with Gasteiger partial charge in [0.2, 0.25) is 5.91 Å². The minimum atomic E-state index is -0.976. The van der Waals surface area contributed by atoms with Crippen LogP contribution in [0.25, 0.3) is 0 Å². The largest absolute Gasteiger partial charge is 0.481 e. The van der Waals surface area contributed by atoms with Crippen molar-refractivity contribution in [2.24, 2.45) is 11.8 Å². The van der Waals surface area contributed by atoms with Crippen molar-refractivity contribution in [2.75, 3.05) is 0 Å². The number of allylic oxidation sites excluding steroid dienone is 4. The quantitative estimate of drug-likeness (QED) is 0.736. The highest BCUT2D eigenvalue weighted by molar-refractivity contribution is 9.11. The first kappa shape index (κ1) is 17.6. The molecule has 0 unspecified atom stereocenters. The third kappa shape index (κ3) is 5.46. The number of aliphatic carboxylic acids is 1. The van der Waals surface area contributed by atoms with Crippen LogP contribution >= 0.6 is 15.9 Å². The van der Waals surface area contributed by atoms with Crippen molar-refractivity contribution in [2.45, 2.75) is 32.6 Å². The summed E-state index contributed by atoms with van der Waals surface area (Å²) in [7, 11) is 0. The summed E-state index contributed by atoms with van der Waals surface area (Å²) < 4.78 is 14.1. The van der Waals surface area contributed by atoms with E-state index in [4.69, 9.17) is 0 Å². The summed E-state index contributed by atoms with van der Waals surface area (Å²) in [4.78, 5) is 23.4. The number of carbonyl (C=O) groups is 2. The lowest BCUT2D eigenvalue weighted by atomic mass is 9.78. The third-order valence-electron chi connectivity index (χ3n) is 3.45. The Labute approximate surface area is 131 Å². The van der Waals surface area contributed by atoms with Crippen molar-refractivity contribution >= 4 is 27.8 Å². The van der Waals surface area contributed by atoms with Crippen LogP contribution in [0.4, 0.5) is 4.39 Å². The van der Waals surface area contributed by atoms with Crippen LogP contribution in [-0.2, 0) is 9.59 Å². The van der Waals surface area contributed by atoms with Crippen LogP contribution in [0.3, 0.4) is 0 Å². The van der Waals surface area contributed by atoms with E-state index >= 15 is 0 Å². The van der Waals surface area contributed by atoms with Gasteiger partial charge in [-0.2, -0.15) is 0 Å². The van der Waals surface area contributed by atoms with Crippen molar-refractivity contribution in [3.05, 3.63) is 34.7 Å². The first-order valence-corrected chi connectivity index (χ1v) is 7.54. The summed E-state index contributed by atoms with van der Waals surface area (Å²) in [5.41, 5.74) is -0.0477. The van der Waals surface area contributed by atoms with Gasteiger partial charge >= 0.3 is 5.97 Å². The highest BCUT2D eigenvalue weighted by Gasteiger charge is 2.35. The van der Waals surface area contributed by atoms with Crippen LogP contribution in [0.2, 0.25) is 0 Å². The van der Waals surface area contributed by atoms with Gasteiger partial charge in [-0.3, -0.25) is 9.59 Å². The van der Waals surface area contributed by atoms with Crippen LogP contribution < -0.4 is 5.32 Å². The Balaban J connectivity index is 2.85. The topological polar surface area (TPSA) is 66.4 Å². The summed E-state index contributed by atoms with van der Waals surface area (Å²) in [5.74, 6) is -3.55. The second kappa shape index (κ2) is 8.12. The molecular weight excluding hydrogens is 341 g/mol. The van der Waals surface area contributed by atoms with E-state index in [-0.39, 0.29) is 5.70 Å². The molecule has 1 amide bonds. The predicted molar refractivity (Wildman–Crippen MR) is 82.2 cm³/mol. The molecule has 0 heterocycles. The molecule has 0 aromatic rings. The molecule has 0 radical (unpaired) electrons. The molecule has 2 atom stereocenters. The van der Waals surface area contributed by atoms with Gasteiger partial charge in [-0.1, -0.05) is 41.4 Å². The molecule has 0 spiro atoms. The Morgan fingerprint density at radius 1 is 1.29 bits per heavy atom. The van der Waals surface area contributed by atoms with E-state index in [0.717, 1.165) is 17.3 Å². The van der Waals surface area contributed by atoms with Crippen molar-refractivity contribution in [3.63, 3.8) is 0 Å². The lowest BCUT2D eigenvalue weighted by Gasteiger charge is -2.27. The normalized spacial score (nSPS) is 23.6. The number of nitrogens with one attached hydrogen (secondary N) is 1. The van der Waals surface area contributed by atoms with E-state index in [1.165, 1.54) is 6.08 Å². The zero-order chi connectivity index (χ0) is 16.0. The second-order valence-electron chi connectivity index (χ2n) is 5.06. The average Bonchev–Trinajstić information content (AvgIpc) is 2.42. The molecule has 6 heteroatoms. The number of carboxylic acids is 1. The Bertz CT molecular complexity index is 495. The Morgan fingerprint density at radius 3 is 2.33 bits per heavy atom. The number of carboxylic acid groups (broad SMARTS) is 1. The van der Waals surface area contributed by atoms with Crippen LogP contribution in [0.15, 0.2) is 34.7 Å². The summed E-state index contributed by atoms with van der Waals surface area (Å²) in [6.07, 6.45) is 5.55. The van der Waals surface area contributed by atoms with E-state index < -0.39 is 29.5 Å². The SMILES string of the molecule is C=C(F)/C(=C\C=C(/C)Br)NC(=O)[C@H]1CCCC[C@@H]1C(=O)O. The molecule has 1 rings (SSSR count). The number of hydrogen-bond donors (Lipinski definition) is 2. The predicted octanol–water partition coefficient (Wildman–Crippen LogP) is 3.66. The lowest BCUT2D eigenvalue weighted by Crippen LogP contribution is -2.39. The number of hydrogen-bond acceptors (Lipinski definition) is 2. The summed E-state index contributed by atoms with van der Waals surface area (Å²) in [6, 6.07) is 0. The first-order valence-electron chi connectivity index (χ1n) is 6.75. The molecule has 0 aromatic carbocycles. The average molecular weight is 360 g/mol. The Morgan fingerprint density at radius 2 is 1.86 bits per heavy atom. The minimum Gasteiger partial charge on any atom is -0.481 e. The molecule has 2 N–H and O–H groups in total. The maximum atomic E-state index is 13.4. The van der Waals surface area contributed by atoms with Gasteiger partial charge in [0.1, 0.15) is 5.83 Å². The summed E-state index contributed by atoms with van der Waals surface area (Å²) in [5, 5.41) is 11.6. The zero-order valence-electron chi connectivity index (χ0n) is 11.9. The van der Waals surface area contributed by atoms with E-state index in [9.17, 15) is 19.1 Å². The van der Waals surface area contributed by atoms with Gasteiger partial charge in [-0.15, -0.1) is 0 Å². The van der Waals surface area contributed by atoms with Gasteiger partial charge in [0, 0.05) is 0 Å². The number of rotatable bonds is 5. The van der Waals surface area contributed by atoms with Gasteiger partial charge < -0.3 is 10.4 Å². The van der Waals surface area contributed by atoms with Crippen LogP contribution in [0.5, 0.6) is 0 Å². The molecule has 1 aliphatic rings. The fourth-order valence-corrected chi connectivity index (χ4v) is 2.50. The van der Waals surface area contributed by atoms with Gasteiger partial charge in [-0.05, 0) is 30.3 Å². The zero-order valence-corrected chi connectivity index (χ0v) is 13.5. The standard InChI is InChI=1S/C15H19BrFNO3/c1-9(16)7-8-13(10(2)17)18-14(19)11-5-3-4-6-12(11)15(20)21/h7-8,11-12H,2-6H2,1H3,(H,18,19)(H,20,21)/b9-7+,13-8+/t11-,12-/m0/s1. The molecule has 1 aliphatic carbocycles. The number of carbonyl (C=O) groups excluding carboxylic acids is 1. The monoisotopic (exact) mass is 359 g/mol. The van der Waals surface area contributed by atoms with Crippen molar-refractivity contribution in [1.82, 2.24) is 5.32 Å². The van der Waals surface area contributed by atoms with E-state index in [0.29, 0.717) is 12.8 Å². The molecule has 0 aromatic heterocycles. The van der Waals surface area contributed by atoms with Gasteiger partial charge in [0.25, 0.3) is 0 Å². The summed E-state index contributed by atoms with van der Waals surface area (Å²) in [6.45, 7) is 4.94. The number of amides is 1. The highest BCUT2D eigenvalue weighted by atomic mass is 79.9. The van der Waals surface area contributed by atoms with Crippen LogP contribution in [0, 0.1) is 11.8 Å². The van der Waals surface area contributed by atoms with Crippen LogP contribution in [-0.4, -0.2) is 17.0 Å². The lowest BCUT2D eigenvalue weighted by molar-refractivity contribution is -0.148. The fourth-order valence-electron chi connectivity index (χ4n) is 2.36. The van der Waals surface area contributed by atoms with E-state index in [1.54, 1.807) is 13.0 Å². The first-order chi connectivity index (χ1) is 9.82. The third-order valence-corrected chi connectivity index (χ3v) is 3.71. The number of halogens is 2. The Hall–Kier alpha value is -1.43. The Kier molecular flexibility index (Phi) is 6.81. The molecule has 0 bridgehead atoms.